The van der Waals surface area contributed by atoms with E-state index >= 15 is 0 Å². The van der Waals surface area contributed by atoms with E-state index in [1.54, 1.807) is 11.8 Å². The van der Waals surface area contributed by atoms with Crippen molar-refractivity contribution < 1.29 is 22.1 Å². The van der Waals surface area contributed by atoms with Crippen molar-refractivity contribution in [1.29, 1.82) is 0 Å². The van der Waals surface area contributed by atoms with Crippen LogP contribution in [0.25, 0.3) is 0 Å². The van der Waals surface area contributed by atoms with Crippen molar-refractivity contribution in [1.82, 2.24) is 9.97 Å². The second-order valence-electron chi connectivity index (χ2n) is 6.60. The van der Waals surface area contributed by atoms with Gasteiger partial charge in [0.15, 0.2) is 0 Å². The third kappa shape index (κ3) is 4.26. The molecule has 2 heterocycles. The molecule has 0 atom stereocenters. The molecule has 1 aliphatic heterocycles. The Morgan fingerprint density at radius 1 is 1.07 bits per heavy atom. The number of alkyl halides is 2. The summed E-state index contributed by atoms with van der Waals surface area (Å²) in [6.45, 7) is 5.57. The van der Waals surface area contributed by atoms with Crippen LogP contribution in [0.2, 0.25) is 0 Å². The quantitative estimate of drug-likeness (QED) is 0.528. The molecule has 0 unspecified atom stereocenters. The highest BCUT2D eigenvalue weighted by Gasteiger charge is 2.31. The zero-order valence-electron chi connectivity index (χ0n) is 15.7. The smallest absolute Gasteiger partial charge is 0.341 e. The Kier molecular flexibility index (Phi) is 5.64. The number of rotatable bonds is 5. The van der Waals surface area contributed by atoms with Crippen molar-refractivity contribution >= 4 is 27.0 Å². The average Bonchev–Trinajstić information content (AvgIpc) is 2.66. The van der Waals surface area contributed by atoms with Crippen LogP contribution in [0.3, 0.4) is 0 Å². The van der Waals surface area contributed by atoms with Gasteiger partial charge in [0, 0.05) is 44.0 Å². The summed E-state index contributed by atoms with van der Waals surface area (Å²) in [4.78, 5) is 22.3. The Bertz CT molecular complexity index is 1020. The summed E-state index contributed by atoms with van der Waals surface area (Å²) in [6, 6.07) is 4.74. The van der Waals surface area contributed by atoms with Gasteiger partial charge in [-0.25, -0.2) is 18.4 Å². The van der Waals surface area contributed by atoms with Crippen LogP contribution in [0.5, 0.6) is 0 Å². The molecule has 0 spiro atoms. The van der Waals surface area contributed by atoms with Crippen LogP contribution in [0.15, 0.2) is 29.2 Å². The standard InChI is InChI=1S/C17H19F2N5O4S/c1-11-9-16(21-12(2)20-11)23-7-5-22(6-8-23)14-4-3-13(10-15(14)24(25)26)29(27,28)17(18)19/h3-4,9-10,17H,5-8H2,1-2H3. The topological polar surface area (TPSA) is 110 Å². The normalized spacial score (nSPS) is 15.1. The minimum absolute atomic E-state index is 0.193. The Balaban J connectivity index is 1.84. The summed E-state index contributed by atoms with van der Waals surface area (Å²) in [6.07, 6.45) is 0. The van der Waals surface area contributed by atoms with Crippen LogP contribution in [-0.2, 0) is 9.84 Å². The van der Waals surface area contributed by atoms with Gasteiger partial charge in [0.25, 0.3) is 5.69 Å². The summed E-state index contributed by atoms with van der Waals surface area (Å²) in [5.74, 6) is -2.23. The third-order valence-electron chi connectivity index (χ3n) is 4.60. The molecule has 1 saturated heterocycles. The Morgan fingerprint density at radius 3 is 2.24 bits per heavy atom. The van der Waals surface area contributed by atoms with E-state index in [-0.39, 0.29) is 5.69 Å². The van der Waals surface area contributed by atoms with Crippen LogP contribution in [0, 0.1) is 24.0 Å². The molecule has 1 fully saturated rings. The lowest BCUT2D eigenvalue weighted by atomic mass is 10.2. The molecule has 9 nitrogen and oxygen atoms in total. The van der Waals surface area contributed by atoms with E-state index in [2.05, 4.69) is 9.97 Å². The first-order valence-corrected chi connectivity index (χ1v) is 10.3. The van der Waals surface area contributed by atoms with Gasteiger partial charge in [0.05, 0.1) is 9.82 Å². The number of nitro benzene ring substituents is 1. The SMILES string of the molecule is Cc1cc(N2CCN(c3ccc(S(=O)(=O)C(F)F)cc3[N+](=O)[O-])CC2)nc(C)n1. The zero-order valence-corrected chi connectivity index (χ0v) is 16.6. The first-order chi connectivity index (χ1) is 13.6. The molecule has 2 aromatic rings. The lowest BCUT2D eigenvalue weighted by Crippen LogP contribution is -2.47. The average molecular weight is 427 g/mol. The van der Waals surface area contributed by atoms with Crippen molar-refractivity contribution in [2.24, 2.45) is 0 Å². The van der Waals surface area contributed by atoms with E-state index in [9.17, 15) is 27.3 Å². The number of aryl methyl sites for hydroxylation is 2. The number of halogens is 2. The molecule has 0 saturated carbocycles. The number of nitro groups is 1. The van der Waals surface area contributed by atoms with Gasteiger partial charge < -0.3 is 9.80 Å². The molecule has 0 amide bonds. The van der Waals surface area contributed by atoms with E-state index in [1.807, 2.05) is 17.9 Å². The Morgan fingerprint density at radius 2 is 1.69 bits per heavy atom. The second kappa shape index (κ2) is 7.85. The molecule has 1 aromatic carbocycles. The lowest BCUT2D eigenvalue weighted by molar-refractivity contribution is -0.384. The summed E-state index contributed by atoms with van der Waals surface area (Å²) >= 11 is 0. The van der Waals surface area contributed by atoms with Gasteiger partial charge in [0.2, 0.25) is 9.84 Å². The summed E-state index contributed by atoms with van der Waals surface area (Å²) in [5.41, 5.74) is 0.508. The number of hydrogen-bond donors (Lipinski definition) is 0. The van der Waals surface area contributed by atoms with E-state index in [4.69, 9.17) is 0 Å². The van der Waals surface area contributed by atoms with E-state index < -0.39 is 31.1 Å². The van der Waals surface area contributed by atoms with E-state index in [0.717, 1.165) is 17.6 Å². The minimum atomic E-state index is -4.91. The highest BCUT2D eigenvalue weighted by atomic mass is 32.2. The van der Waals surface area contributed by atoms with Crippen molar-refractivity contribution in [2.75, 3.05) is 36.0 Å². The van der Waals surface area contributed by atoms with Crippen LogP contribution in [0.4, 0.5) is 26.0 Å². The summed E-state index contributed by atoms with van der Waals surface area (Å²) in [7, 11) is -4.91. The van der Waals surface area contributed by atoms with Gasteiger partial charge in [0.1, 0.15) is 17.3 Å². The fourth-order valence-corrected chi connectivity index (χ4v) is 3.97. The predicted molar refractivity (Wildman–Crippen MR) is 102 cm³/mol. The Labute approximate surface area is 166 Å². The number of hydrogen-bond acceptors (Lipinski definition) is 8. The molecular formula is C17H19F2N5O4S. The van der Waals surface area contributed by atoms with Gasteiger partial charge in [-0.1, -0.05) is 0 Å². The number of benzene rings is 1. The Hall–Kier alpha value is -2.89. The third-order valence-corrected chi connectivity index (χ3v) is 5.98. The molecule has 3 rings (SSSR count). The fourth-order valence-electron chi connectivity index (χ4n) is 3.23. The van der Waals surface area contributed by atoms with Gasteiger partial charge in [-0.05, 0) is 26.0 Å². The number of anilines is 2. The molecule has 0 N–H and O–H groups in total. The predicted octanol–water partition coefficient (Wildman–Crippen LogP) is 2.32. The van der Waals surface area contributed by atoms with Crippen LogP contribution in [0.1, 0.15) is 11.5 Å². The number of nitrogens with zero attached hydrogens (tertiary/aromatic N) is 5. The molecule has 29 heavy (non-hydrogen) atoms. The van der Waals surface area contributed by atoms with Gasteiger partial charge >= 0.3 is 5.76 Å². The van der Waals surface area contributed by atoms with Crippen molar-refractivity contribution in [3.8, 4) is 0 Å². The van der Waals surface area contributed by atoms with Crippen molar-refractivity contribution in [3.63, 3.8) is 0 Å². The summed E-state index contributed by atoms with van der Waals surface area (Å²) < 4.78 is 48.8. The molecular weight excluding hydrogens is 408 g/mol. The molecule has 12 heteroatoms. The molecule has 156 valence electrons. The minimum Gasteiger partial charge on any atom is -0.362 e. The maximum absolute atomic E-state index is 12.8. The summed E-state index contributed by atoms with van der Waals surface area (Å²) in [5, 5.41) is 11.4. The largest absolute Gasteiger partial charge is 0.362 e. The first kappa shape index (κ1) is 20.8. The van der Waals surface area contributed by atoms with Gasteiger partial charge in [-0.15, -0.1) is 0 Å². The fraction of sp³-hybridized carbons (Fsp3) is 0.412. The monoisotopic (exact) mass is 427 g/mol. The number of aromatic nitrogens is 2. The maximum Gasteiger partial charge on any atom is 0.341 e. The number of sulfone groups is 1. The maximum atomic E-state index is 12.8. The van der Waals surface area contributed by atoms with Gasteiger partial charge in [-0.3, -0.25) is 10.1 Å². The van der Waals surface area contributed by atoms with E-state index in [0.29, 0.717) is 38.1 Å². The first-order valence-electron chi connectivity index (χ1n) is 8.72. The highest BCUT2D eigenvalue weighted by Crippen LogP contribution is 2.33. The van der Waals surface area contributed by atoms with E-state index in [1.165, 1.54) is 6.07 Å². The van der Waals surface area contributed by atoms with Crippen LogP contribution in [-0.4, -0.2) is 55.2 Å². The van der Waals surface area contributed by atoms with Gasteiger partial charge in [-0.2, -0.15) is 8.78 Å². The van der Waals surface area contributed by atoms with Crippen molar-refractivity contribution in [2.45, 2.75) is 24.5 Å². The number of piperazine rings is 1. The highest BCUT2D eigenvalue weighted by molar-refractivity contribution is 7.91. The lowest BCUT2D eigenvalue weighted by Gasteiger charge is -2.36. The molecule has 0 bridgehead atoms. The van der Waals surface area contributed by atoms with Crippen LogP contribution < -0.4 is 9.80 Å². The molecule has 1 aromatic heterocycles. The molecule has 1 aliphatic rings. The molecule has 0 aliphatic carbocycles. The zero-order chi connectivity index (χ0) is 21.3. The second-order valence-corrected chi connectivity index (χ2v) is 8.52. The molecule has 0 radical (unpaired) electrons. The van der Waals surface area contributed by atoms with Crippen LogP contribution >= 0.6 is 0 Å². The van der Waals surface area contributed by atoms with Crippen molar-refractivity contribution in [3.05, 3.63) is 45.9 Å².